The number of hydrogen-bond acceptors (Lipinski definition) is 0. The maximum Gasteiger partial charge on any atom is 0.0194 e. The van der Waals surface area contributed by atoms with Gasteiger partial charge in [0.15, 0.2) is 0 Å². The van der Waals surface area contributed by atoms with Gasteiger partial charge in [0.05, 0.1) is 0 Å². The van der Waals surface area contributed by atoms with Gasteiger partial charge in [-0.2, -0.15) is 0 Å². The summed E-state index contributed by atoms with van der Waals surface area (Å²) in [5, 5.41) is 0. The molecule has 0 saturated heterocycles. The average molecular weight is 168 g/mol. The van der Waals surface area contributed by atoms with Gasteiger partial charge < -0.3 is 0 Å². The molecule has 0 rings (SSSR count). The van der Waals surface area contributed by atoms with Gasteiger partial charge in [0.2, 0.25) is 0 Å². The summed E-state index contributed by atoms with van der Waals surface area (Å²) in [4.78, 5) is 0. The lowest BCUT2D eigenvalue weighted by Crippen LogP contribution is -0.856. The molecule has 11 heavy (non-hydrogen) atoms. The van der Waals surface area contributed by atoms with E-state index in [2.05, 4.69) is 0 Å². The van der Waals surface area contributed by atoms with Crippen molar-refractivity contribution in [2.24, 2.45) is 0 Å². The Morgan fingerprint density at radius 3 is 0.455 bits per heavy atom. The van der Waals surface area contributed by atoms with Crippen molar-refractivity contribution in [1.29, 1.82) is 0 Å². The summed E-state index contributed by atoms with van der Waals surface area (Å²) in [6.45, 7) is 20.0. The van der Waals surface area contributed by atoms with Gasteiger partial charge in [0, 0.05) is 1.37 Å². The van der Waals surface area contributed by atoms with Crippen LogP contribution in [0.15, 0.2) is 0 Å². The van der Waals surface area contributed by atoms with Gasteiger partial charge in [-0.25, -0.2) is 0 Å². The molecule has 0 aromatic heterocycles. The molecule has 0 nitrogen and oxygen atoms in total. The summed E-state index contributed by atoms with van der Waals surface area (Å²) in [5.74, 6) is 0. The molecule has 0 saturated carbocycles. The Morgan fingerprint density at radius 1 is 0.455 bits per heavy atom. The highest BCUT2D eigenvalue weighted by molar-refractivity contribution is 3.51. The molecule has 0 aliphatic rings. The van der Waals surface area contributed by atoms with Gasteiger partial charge in [0.25, 0.3) is 0 Å². The highest BCUT2D eigenvalue weighted by atomic mass is 13.0. The van der Waals surface area contributed by atoms with Crippen LogP contribution < -0.4 is 0 Å². The van der Waals surface area contributed by atoms with E-state index in [1.807, 2.05) is 69.2 Å². The van der Waals surface area contributed by atoms with Crippen molar-refractivity contribution in [3.8, 4) is 0 Å². The molecule has 0 spiro atoms. The molecule has 0 aromatic rings. The number of hydrogen-bond donors (Lipinski definition) is 0. The molecule has 78 valence electrons. The van der Waals surface area contributed by atoms with Gasteiger partial charge in [-0.3, -0.25) is 0 Å². The van der Waals surface area contributed by atoms with Gasteiger partial charge in [-0.1, -0.05) is 76.6 Å². The van der Waals surface area contributed by atoms with Crippen LogP contribution in [0.25, 0.3) is 0 Å². The maximum absolute atomic E-state index is 5.75. The predicted octanol–water partition coefficient (Wildman–Crippen LogP) is 5.77. The van der Waals surface area contributed by atoms with Crippen LogP contribution in [0, 0.1) is 0 Å². The summed E-state index contributed by atoms with van der Waals surface area (Å²) in [6, 6.07) is 0. The van der Waals surface area contributed by atoms with Crippen molar-refractivity contribution < 1.29 is 1.37 Å². The van der Waals surface area contributed by atoms with E-state index in [4.69, 9.17) is 1.37 Å². The molecule has 0 unspecified atom stereocenters. The van der Waals surface area contributed by atoms with E-state index < -0.39 is 0 Å². The van der Waals surface area contributed by atoms with E-state index in [9.17, 15) is 0 Å². The molecule has 0 bridgehead atoms. The zero-order chi connectivity index (χ0) is 12.0. The minimum absolute atomic E-state index is 1.25. The van der Waals surface area contributed by atoms with E-state index >= 15 is 0 Å². The Bertz CT molecular complexity index is 4.97. The third kappa shape index (κ3) is 0. The summed E-state index contributed by atoms with van der Waals surface area (Å²) in [7, 11) is 1.25. The fourth-order valence-corrected chi connectivity index (χ4v) is 0. The van der Waals surface area contributed by atoms with Crippen LogP contribution in [0.1, 0.15) is 78.0 Å². The van der Waals surface area contributed by atoms with E-state index in [1.54, 1.807) is 0 Å². The molecule has 0 atom stereocenters. The minimum Gasteiger partial charge on any atom is -0.0776 e. The zero-order valence-corrected chi connectivity index (χ0v) is 11.0. The van der Waals surface area contributed by atoms with Crippen LogP contribution in [0.3, 0.4) is 0 Å². The van der Waals surface area contributed by atoms with Gasteiger partial charge in [-0.05, 0) is 0 Å². The quantitative estimate of drug-likeness (QED) is 0.431. The van der Waals surface area contributed by atoms with Crippen molar-refractivity contribution in [2.45, 2.75) is 76.6 Å². The van der Waals surface area contributed by atoms with Crippen LogP contribution >= 0.6 is 0 Å². The van der Waals surface area contributed by atoms with Crippen molar-refractivity contribution >= 4 is 0 Å². The van der Waals surface area contributed by atoms with E-state index in [0.717, 1.165) is 0 Å². The van der Waals surface area contributed by atoms with Gasteiger partial charge in [0.1, 0.15) is 0 Å². The largest absolute Gasteiger partial charge is 0.0776 e. The molecule has 0 heteroatoms. The van der Waals surface area contributed by atoms with Crippen LogP contribution in [0.2, 0.25) is 0 Å². The van der Waals surface area contributed by atoms with Crippen molar-refractivity contribution in [2.75, 3.05) is 0 Å². The Morgan fingerprint density at radius 2 is 0.455 bits per heavy atom. The second-order valence-corrected chi connectivity index (χ2v) is 0. The van der Waals surface area contributed by atoms with Crippen molar-refractivity contribution in [1.82, 2.24) is 0 Å². The average Bonchev–Trinajstić information content (AvgIpc) is 2.33. The lowest BCUT2D eigenvalue weighted by molar-refractivity contribution is 1.50. The fraction of sp³-hybridized carbons (Fsp3) is 1.00. The number of rotatable bonds is 0. The smallest absolute Gasteiger partial charge is 0.0194 e. The zero-order valence-electron chi connectivity index (χ0n) is 12.0. The standard InChI is InChI=1S/5C2H6.CH4/c5*1-2;/h5*1-2H3;1H4/i;;;;;1T. The van der Waals surface area contributed by atoms with Crippen molar-refractivity contribution in [3.05, 3.63) is 0 Å². The third-order valence-corrected chi connectivity index (χ3v) is 0. The molecular weight excluding hydrogens is 132 g/mol. The lowest BCUT2D eigenvalue weighted by atomic mass is 11.0. The van der Waals surface area contributed by atoms with Crippen LogP contribution in [0.5, 0.6) is 0 Å². The highest BCUT2D eigenvalue weighted by Gasteiger charge is 0.940. The lowest BCUT2D eigenvalue weighted by Gasteiger charge is -1.07. The molecule has 0 amide bonds. The SMILES string of the molecule is CC.CC.CC.CC.CC.[3H]C. The Labute approximate surface area is 78.8 Å². The molecule has 0 heterocycles. The molecule has 0 radical (unpaired) electrons. The molecule has 0 fully saturated rings. The third-order valence-electron chi connectivity index (χ3n) is 0. The summed E-state index contributed by atoms with van der Waals surface area (Å²) < 4.78 is 5.75. The normalized spacial score (nSPS) is 3.36. The van der Waals surface area contributed by atoms with Crippen LogP contribution in [-0.2, 0) is 0 Å². The molecular formula is C11H34. The Balaban J connectivity index is -0.00000000900. The summed E-state index contributed by atoms with van der Waals surface area (Å²) in [5.41, 5.74) is 0. The van der Waals surface area contributed by atoms with Crippen LogP contribution in [-0.4, -0.2) is 0 Å². The predicted molar refractivity (Wildman–Crippen MR) is 63.5 cm³/mol. The Hall–Kier alpha value is 0. The molecule has 0 aromatic carbocycles. The second-order valence-electron chi connectivity index (χ2n) is 0. The van der Waals surface area contributed by atoms with Crippen LogP contribution in [0.4, 0.5) is 0 Å². The molecule has 0 aliphatic carbocycles. The maximum atomic E-state index is 5.75. The molecule has 0 aliphatic heterocycles. The summed E-state index contributed by atoms with van der Waals surface area (Å²) in [6.07, 6.45) is 0. The molecule has 0 N–H and O–H groups in total. The van der Waals surface area contributed by atoms with E-state index in [-0.39, 0.29) is 0 Å². The van der Waals surface area contributed by atoms with E-state index in [0.29, 0.717) is 0 Å². The highest BCUT2D eigenvalue weighted by Crippen LogP contribution is 1.15. The Kier molecular flexibility index (Phi) is 0. The first kappa shape index (κ1) is 30.6. The first-order valence-corrected chi connectivity index (χ1v) is 5.00. The second kappa shape index (κ2) is 0. The topological polar surface area (TPSA) is 0 Å². The van der Waals surface area contributed by atoms with Gasteiger partial charge >= 0.3 is 0 Å². The first-order chi connectivity index (χ1) is 6.00. The van der Waals surface area contributed by atoms with E-state index in [1.165, 1.54) is 7.40 Å². The fourth-order valence-electron chi connectivity index (χ4n) is 0. The minimum atomic E-state index is 1.25. The summed E-state index contributed by atoms with van der Waals surface area (Å²) >= 11 is 0. The van der Waals surface area contributed by atoms with Crippen molar-refractivity contribution in [3.63, 3.8) is 0 Å². The monoisotopic (exact) mass is 168 g/mol. The first-order valence-electron chi connectivity index (χ1n) is 6.00. The van der Waals surface area contributed by atoms with Gasteiger partial charge in [-0.15, -0.1) is 0 Å².